The fourth-order valence-electron chi connectivity index (χ4n) is 2.58. The third-order valence-electron chi connectivity index (χ3n) is 3.88. The zero-order valence-corrected chi connectivity index (χ0v) is 12.7. The lowest BCUT2D eigenvalue weighted by molar-refractivity contribution is 0.0946. The van der Waals surface area contributed by atoms with Crippen LogP contribution in [0.15, 0.2) is 24.5 Å². The van der Waals surface area contributed by atoms with Crippen LogP contribution in [0.4, 0.5) is 5.82 Å². The van der Waals surface area contributed by atoms with Gasteiger partial charge in [0.05, 0.1) is 0 Å². The minimum absolute atomic E-state index is 0.196. The summed E-state index contributed by atoms with van der Waals surface area (Å²) in [7, 11) is 0. The number of amides is 1. The molecule has 22 heavy (non-hydrogen) atoms. The van der Waals surface area contributed by atoms with Crippen molar-refractivity contribution >= 4 is 11.7 Å². The Labute approximate surface area is 129 Å². The van der Waals surface area contributed by atoms with Crippen LogP contribution in [0.1, 0.15) is 29.2 Å². The first-order valence-electron chi connectivity index (χ1n) is 7.58. The third-order valence-corrected chi connectivity index (χ3v) is 3.88. The van der Waals surface area contributed by atoms with Crippen molar-refractivity contribution in [3.05, 3.63) is 36.0 Å². The Morgan fingerprint density at radius 2 is 2.09 bits per heavy atom. The molecule has 0 aliphatic carbocycles. The highest BCUT2D eigenvalue weighted by atomic mass is 16.1. The summed E-state index contributed by atoms with van der Waals surface area (Å²) >= 11 is 0. The molecule has 1 aliphatic rings. The van der Waals surface area contributed by atoms with Crippen LogP contribution < -0.4 is 10.2 Å². The van der Waals surface area contributed by atoms with E-state index in [9.17, 15) is 4.79 Å². The van der Waals surface area contributed by atoms with Crippen molar-refractivity contribution in [2.45, 2.75) is 26.3 Å². The maximum absolute atomic E-state index is 12.0. The van der Waals surface area contributed by atoms with E-state index in [1.807, 2.05) is 23.8 Å². The molecular formula is C15H20N6O. The Morgan fingerprint density at radius 1 is 1.27 bits per heavy atom. The van der Waals surface area contributed by atoms with Gasteiger partial charge in [0.1, 0.15) is 5.82 Å². The summed E-state index contributed by atoms with van der Waals surface area (Å²) in [5, 5.41) is 11.0. The molecule has 0 aromatic carbocycles. The number of imidazole rings is 1. The maximum atomic E-state index is 12.0. The zero-order valence-electron chi connectivity index (χ0n) is 12.7. The van der Waals surface area contributed by atoms with Crippen LogP contribution in [-0.2, 0) is 6.54 Å². The van der Waals surface area contributed by atoms with Gasteiger partial charge in [0, 0.05) is 38.6 Å². The molecule has 0 saturated carbocycles. The molecule has 7 nitrogen and oxygen atoms in total. The molecule has 2 aromatic rings. The number of nitrogens with one attached hydrogen (secondary N) is 1. The molecule has 0 radical (unpaired) electrons. The van der Waals surface area contributed by atoms with E-state index in [-0.39, 0.29) is 5.91 Å². The minimum Gasteiger partial charge on any atom is -0.355 e. The van der Waals surface area contributed by atoms with E-state index in [0.29, 0.717) is 18.8 Å². The molecule has 2 aromatic heterocycles. The Hall–Kier alpha value is -2.44. The van der Waals surface area contributed by atoms with E-state index in [2.05, 4.69) is 25.4 Å². The molecule has 1 fully saturated rings. The molecule has 1 amide bonds. The van der Waals surface area contributed by atoms with Gasteiger partial charge in [-0.1, -0.05) is 0 Å². The molecule has 1 saturated heterocycles. The number of nitrogens with zero attached hydrogens (tertiary/aromatic N) is 5. The standard InChI is InChI=1S/C15H20N6O/c1-12-16-6-10-20(12)11-7-17-15(22)13-4-5-14(19-18-13)21-8-2-3-9-21/h4-6,10H,2-3,7-9,11H2,1H3,(H,17,22). The summed E-state index contributed by atoms with van der Waals surface area (Å²) in [4.78, 5) is 18.4. The number of anilines is 1. The molecule has 7 heteroatoms. The number of carbonyl (C=O) groups excluding carboxylic acids is 1. The fourth-order valence-corrected chi connectivity index (χ4v) is 2.58. The van der Waals surface area contributed by atoms with Gasteiger partial charge in [-0.3, -0.25) is 4.79 Å². The average Bonchev–Trinajstić information content (AvgIpc) is 3.20. The summed E-state index contributed by atoms with van der Waals surface area (Å²) in [6.45, 7) is 5.20. The molecule has 0 bridgehead atoms. The number of hydrogen-bond acceptors (Lipinski definition) is 5. The topological polar surface area (TPSA) is 75.9 Å². The fraction of sp³-hybridized carbons (Fsp3) is 0.467. The van der Waals surface area contributed by atoms with Crippen molar-refractivity contribution in [1.29, 1.82) is 0 Å². The number of rotatable bonds is 5. The van der Waals surface area contributed by atoms with Gasteiger partial charge in [-0.05, 0) is 31.9 Å². The van der Waals surface area contributed by atoms with Crippen LogP contribution >= 0.6 is 0 Å². The summed E-state index contributed by atoms with van der Waals surface area (Å²) in [5.74, 6) is 1.59. The molecule has 1 aliphatic heterocycles. The van der Waals surface area contributed by atoms with Gasteiger partial charge in [0.15, 0.2) is 11.5 Å². The number of carbonyl (C=O) groups is 1. The van der Waals surface area contributed by atoms with Crippen LogP contribution in [0.2, 0.25) is 0 Å². The second-order valence-corrected chi connectivity index (χ2v) is 5.39. The van der Waals surface area contributed by atoms with E-state index in [1.54, 1.807) is 12.3 Å². The quantitative estimate of drug-likeness (QED) is 0.892. The monoisotopic (exact) mass is 300 g/mol. The summed E-state index contributed by atoms with van der Waals surface area (Å²) < 4.78 is 1.99. The lowest BCUT2D eigenvalue weighted by Crippen LogP contribution is -2.28. The van der Waals surface area contributed by atoms with E-state index >= 15 is 0 Å². The molecule has 0 atom stereocenters. The average molecular weight is 300 g/mol. The predicted molar refractivity (Wildman–Crippen MR) is 82.8 cm³/mol. The molecule has 0 unspecified atom stereocenters. The normalized spacial score (nSPS) is 14.3. The van der Waals surface area contributed by atoms with Crippen LogP contribution in [0, 0.1) is 6.92 Å². The minimum atomic E-state index is -0.196. The van der Waals surface area contributed by atoms with Crippen molar-refractivity contribution in [3.8, 4) is 0 Å². The van der Waals surface area contributed by atoms with Gasteiger partial charge in [0.2, 0.25) is 0 Å². The van der Waals surface area contributed by atoms with E-state index in [1.165, 1.54) is 12.8 Å². The van der Waals surface area contributed by atoms with Crippen molar-refractivity contribution in [1.82, 2.24) is 25.1 Å². The smallest absolute Gasteiger partial charge is 0.271 e. The van der Waals surface area contributed by atoms with E-state index in [0.717, 1.165) is 24.7 Å². The van der Waals surface area contributed by atoms with Crippen molar-refractivity contribution in [2.75, 3.05) is 24.5 Å². The first-order chi connectivity index (χ1) is 10.7. The van der Waals surface area contributed by atoms with E-state index in [4.69, 9.17) is 0 Å². The van der Waals surface area contributed by atoms with Crippen molar-refractivity contribution < 1.29 is 4.79 Å². The molecular weight excluding hydrogens is 280 g/mol. The van der Waals surface area contributed by atoms with Crippen LogP contribution in [0.3, 0.4) is 0 Å². The molecule has 0 spiro atoms. The lowest BCUT2D eigenvalue weighted by Gasteiger charge is -2.15. The molecule has 3 rings (SSSR count). The molecule has 116 valence electrons. The number of hydrogen-bond donors (Lipinski definition) is 1. The van der Waals surface area contributed by atoms with Crippen LogP contribution in [0.5, 0.6) is 0 Å². The van der Waals surface area contributed by atoms with E-state index < -0.39 is 0 Å². The van der Waals surface area contributed by atoms with Gasteiger partial charge in [-0.15, -0.1) is 10.2 Å². The van der Waals surface area contributed by atoms with Gasteiger partial charge < -0.3 is 14.8 Å². The number of aryl methyl sites for hydroxylation is 1. The third kappa shape index (κ3) is 3.24. The second-order valence-electron chi connectivity index (χ2n) is 5.39. The Bertz CT molecular complexity index is 630. The van der Waals surface area contributed by atoms with Crippen LogP contribution in [-0.4, -0.2) is 45.3 Å². The van der Waals surface area contributed by atoms with Gasteiger partial charge in [-0.25, -0.2) is 4.98 Å². The highest BCUT2D eigenvalue weighted by Crippen LogP contribution is 2.16. The maximum Gasteiger partial charge on any atom is 0.271 e. The summed E-state index contributed by atoms with van der Waals surface area (Å²) in [6, 6.07) is 3.60. The first kappa shape index (κ1) is 14.5. The lowest BCUT2D eigenvalue weighted by atomic mass is 10.3. The highest BCUT2D eigenvalue weighted by molar-refractivity contribution is 5.92. The second kappa shape index (κ2) is 6.55. The largest absolute Gasteiger partial charge is 0.355 e. The molecule has 3 heterocycles. The number of aromatic nitrogens is 4. The zero-order chi connectivity index (χ0) is 15.4. The van der Waals surface area contributed by atoms with Crippen LogP contribution in [0.25, 0.3) is 0 Å². The first-order valence-corrected chi connectivity index (χ1v) is 7.58. The summed E-state index contributed by atoms with van der Waals surface area (Å²) in [6.07, 6.45) is 6.03. The summed E-state index contributed by atoms with van der Waals surface area (Å²) in [5.41, 5.74) is 0.352. The Morgan fingerprint density at radius 3 is 2.73 bits per heavy atom. The van der Waals surface area contributed by atoms with Crippen molar-refractivity contribution in [2.24, 2.45) is 0 Å². The highest BCUT2D eigenvalue weighted by Gasteiger charge is 2.15. The Kier molecular flexibility index (Phi) is 4.32. The van der Waals surface area contributed by atoms with Gasteiger partial charge in [0.25, 0.3) is 5.91 Å². The van der Waals surface area contributed by atoms with Gasteiger partial charge >= 0.3 is 0 Å². The predicted octanol–water partition coefficient (Wildman–Crippen LogP) is 1.01. The Balaban J connectivity index is 1.52. The van der Waals surface area contributed by atoms with Crippen molar-refractivity contribution in [3.63, 3.8) is 0 Å². The van der Waals surface area contributed by atoms with Gasteiger partial charge in [-0.2, -0.15) is 0 Å². The molecule has 1 N–H and O–H groups in total. The SMILES string of the molecule is Cc1nccn1CCNC(=O)c1ccc(N2CCCC2)nn1.